The average Bonchev–Trinajstić information content (AvgIpc) is 2.36. The zero-order chi connectivity index (χ0) is 15.9. The van der Waals surface area contributed by atoms with Crippen molar-refractivity contribution in [3.63, 3.8) is 0 Å². The Morgan fingerprint density at radius 2 is 2.00 bits per heavy atom. The fourth-order valence-electron chi connectivity index (χ4n) is 1.83. The maximum atomic E-state index is 11.2. The first-order valence-corrected chi connectivity index (χ1v) is 9.48. The van der Waals surface area contributed by atoms with Gasteiger partial charge < -0.3 is 14.8 Å². The van der Waals surface area contributed by atoms with Crippen LogP contribution in [-0.2, 0) is 21.1 Å². The second-order valence-electron chi connectivity index (χ2n) is 4.86. The fourth-order valence-corrected chi connectivity index (χ4v) is 2.84. The lowest BCUT2D eigenvalue weighted by Crippen LogP contribution is -2.20. The zero-order valence-electron chi connectivity index (χ0n) is 12.6. The van der Waals surface area contributed by atoms with Gasteiger partial charge in [-0.05, 0) is 24.6 Å². The number of hydrogen-bond donors (Lipinski definition) is 1. The molecule has 0 atom stereocenters. The van der Waals surface area contributed by atoms with Gasteiger partial charge in [0.2, 0.25) is 0 Å². The number of nitrogens with one attached hydrogen (secondary N) is 1. The Labute approximate surface area is 135 Å². The maximum absolute atomic E-state index is 11.2. The average molecular weight is 380 g/mol. The Morgan fingerprint density at radius 1 is 1.29 bits per heavy atom. The van der Waals surface area contributed by atoms with Gasteiger partial charge in [-0.15, -0.1) is 0 Å². The minimum Gasteiger partial charge on any atom is -0.492 e. The topological polar surface area (TPSA) is 64.6 Å². The number of ether oxygens (including phenoxy) is 2. The van der Waals surface area contributed by atoms with E-state index in [1.807, 2.05) is 19.1 Å². The molecule has 0 spiro atoms. The van der Waals surface area contributed by atoms with E-state index in [9.17, 15) is 8.42 Å². The lowest BCUT2D eigenvalue weighted by molar-refractivity contribution is 0.199. The van der Waals surface area contributed by atoms with Crippen LogP contribution in [-0.4, -0.2) is 47.3 Å². The van der Waals surface area contributed by atoms with E-state index in [-0.39, 0.29) is 12.4 Å². The highest BCUT2D eigenvalue weighted by molar-refractivity contribution is 9.10. The van der Waals surface area contributed by atoms with Crippen LogP contribution in [0.15, 0.2) is 16.6 Å². The van der Waals surface area contributed by atoms with Crippen LogP contribution >= 0.6 is 15.9 Å². The first kappa shape index (κ1) is 18.4. The van der Waals surface area contributed by atoms with Crippen molar-refractivity contribution in [2.24, 2.45) is 0 Å². The van der Waals surface area contributed by atoms with E-state index in [0.717, 1.165) is 27.9 Å². The Hall–Kier alpha value is -0.630. The van der Waals surface area contributed by atoms with Crippen LogP contribution in [0.3, 0.4) is 0 Å². The number of halogens is 1. The molecule has 0 aliphatic carbocycles. The molecule has 1 N–H and O–H groups in total. The molecule has 5 nitrogen and oxygen atoms in total. The highest BCUT2D eigenvalue weighted by Gasteiger charge is 2.10. The molecular formula is C14H22BrNO4S. The van der Waals surface area contributed by atoms with E-state index in [2.05, 4.69) is 21.2 Å². The Kier molecular flexibility index (Phi) is 7.65. The zero-order valence-corrected chi connectivity index (χ0v) is 15.0. The van der Waals surface area contributed by atoms with Crippen molar-refractivity contribution >= 4 is 25.8 Å². The molecule has 0 aliphatic rings. The van der Waals surface area contributed by atoms with Crippen molar-refractivity contribution in [2.75, 3.05) is 38.9 Å². The van der Waals surface area contributed by atoms with E-state index in [4.69, 9.17) is 9.47 Å². The van der Waals surface area contributed by atoms with Crippen molar-refractivity contribution in [1.82, 2.24) is 5.32 Å². The van der Waals surface area contributed by atoms with Crippen LogP contribution in [0.5, 0.6) is 5.75 Å². The predicted molar refractivity (Wildman–Crippen MR) is 87.7 cm³/mol. The Balaban J connectivity index is 2.75. The summed E-state index contributed by atoms with van der Waals surface area (Å²) in [4.78, 5) is 0. The molecular weight excluding hydrogens is 358 g/mol. The molecule has 0 heterocycles. The SMILES string of the molecule is COCCNCc1cc(Br)cc(C)c1OCCS(C)(=O)=O. The second kappa shape index (κ2) is 8.73. The number of sulfone groups is 1. The number of benzene rings is 1. The molecule has 1 rings (SSSR count). The van der Waals surface area contributed by atoms with Crippen molar-refractivity contribution < 1.29 is 17.9 Å². The standard InChI is InChI=1S/C14H22BrNO4S/c1-11-8-13(15)9-12(10-16-4-5-19-2)14(11)20-6-7-21(3,17)18/h8-9,16H,4-7,10H2,1-3H3. The monoisotopic (exact) mass is 379 g/mol. The lowest BCUT2D eigenvalue weighted by atomic mass is 10.1. The summed E-state index contributed by atoms with van der Waals surface area (Å²) in [6, 6.07) is 3.93. The first-order valence-electron chi connectivity index (χ1n) is 6.62. The van der Waals surface area contributed by atoms with Crippen LogP contribution in [0, 0.1) is 6.92 Å². The number of aryl methyl sites for hydroxylation is 1. The molecule has 0 saturated heterocycles. The van der Waals surface area contributed by atoms with Gasteiger partial charge >= 0.3 is 0 Å². The molecule has 0 amide bonds. The van der Waals surface area contributed by atoms with Crippen molar-refractivity contribution in [2.45, 2.75) is 13.5 Å². The second-order valence-corrected chi connectivity index (χ2v) is 8.03. The summed E-state index contributed by atoms with van der Waals surface area (Å²) < 4.78 is 34.0. The Morgan fingerprint density at radius 3 is 2.62 bits per heavy atom. The molecule has 1 aromatic carbocycles. The third-order valence-corrected chi connectivity index (χ3v) is 4.18. The normalized spacial score (nSPS) is 11.6. The van der Waals surface area contributed by atoms with Crippen LogP contribution in [0.4, 0.5) is 0 Å². The summed E-state index contributed by atoms with van der Waals surface area (Å²) in [5.41, 5.74) is 1.97. The summed E-state index contributed by atoms with van der Waals surface area (Å²) in [5, 5.41) is 3.26. The molecule has 0 saturated carbocycles. The van der Waals surface area contributed by atoms with E-state index >= 15 is 0 Å². The molecule has 1 aromatic rings. The predicted octanol–water partition coefficient (Wildman–Crippen LogP) is 1.92. The fraction of sp³-hybridized carbons (Fsp3) is 0.571. The summed E-state index contributed by atoms with van der Waals surface area (Å²) in [5.74, 6) is 0.755. The van der Waals surface area contributed by atoms with E-state index < -0.39 is 9.84 Å². The molecule has 7 heteroatoms. The summed E-state index contributed by atoms with van der Waals surface area (Å²) in [7, 11) is -1.36. The Bertz CT molecular complexity index is 560. The number of hydrogen-bond acceptors (Lipinski definition) is 5. The minimum atomic E-state index is -3.02. The van der Waals surface area contributed by atoms with Gasteiger partial charge in [0.15, 0.2) is 9.84 Å². The van der Waals surface area contributed by atoms with Gasteiger partial charge in [0.05, 0.1) is 12.4 Å². The molecule has 0 aromatic heterocycles. The summed E-state index contributed by atoms with van der Waals surface area (Å²) in [6.07, 6.45) is 1.21. The van der Waals surface area contributed by atoms with Crippen molar-refractivity contribution in [1.29, 1.82) is 0 Å². The van der Waals surface area contributed by atoms with Gasteiger partial charge in [0.1, 0.15) is 12.4 Å². The van der Waals surface area contributed by atoms with Crippen LogP contribution < -0.4 is 10.1 Å². The van der Waals surface area contributed by atoms with Gasteiger partial charge in [-0.3, -0.25) is 0 Å². The van der Waals surface area contributed by atoms with Crippen LogP contribution in [0.2, 0.25) is 0 Å². The van der Waals surface area contributed by atoms with Gasteiger partial charge in [0.25, 0.3) is 0 Å². The van der Waals surface area contributed by atoms with Crippen LogP contribution in [0.1, 0.15) is 11.1 Å². The molecule has 120 valence electrons. The van der Waals surface area contributed by atoms with Gasteiger partial charge in [-0.1, -0.05) is 15.9 Å². The van der Waals surface area contributed by atoms with E-state index in [1.54, 1.807) is 7.11 Å². The van der Waals surface area contributed by atoms with Crippen molar-refractivity contribution in [3.8, 4) is 5.75 Å². The first-order chi connectivity index (χ1) is 9.83. The summed E-state index contributed by atoms with van der Waals surface area (Å²) >= 11 is 3.47. The molecule has 0 unspecified atom stereocenters. The van der Waals surface area contributed by atoms with E-state index in [0.29, 0.717) is 13.2 Å². The quantitative estimate of drug-likeness (QED) is 0.664. The number of methoxy groups -OCH3 is 1. The highest BCUT2D eigenvalue weighted by Crippen LogP contribution is 2.28. The van der Waals surface area contributed by atoms with E-state index in [1.165, 1.54) is 6.26 Å². The van der Waals surface area contributed by atoms with Gasteiger partial charge in [-0.25, -0.2) is 8.42 Å². The third kappa shape index (κ3) is 7.26. The van der Waals surface area contributed by atoms with Crippen molar-refractivity contribution in [3.05, 3.63) is 27.7 Å². The molecule has 21 heavy (non-hydrogen) atoms. The third-order valence-electron chi connectivity index (χ3n) is 2.82. The van der Waals surface area contributed by atoms with Gasteiger partial charge in [0, 0.05) is 36.5 Å². The largest absolute Gasteiger partial charge is 0.492 e. The molecule has 0 aliphatic heterocycles. The minimum absolute atomic E-state index is 0.0129. The smallest absolute Gasteiger partial charge is 0.150 e. The molecule has 0 fully saturated rings. The maximum Gasteiger partial charge on any atom is 0.150 e. The molecule has 0 radical (unpaired) electrons. The van der Waals surface area contributed by atoms with Gasteiger partial charge in [-0.2, -0.15) is 0 Å². The highest BCUT2D eigenvalue weighted by atomic mass is 79.9. The molecule has 0 bridgehead atoms. The summed E-state index contributed by atoms with van der Waals surface area (Å²) in [6.45, 7) is 4.12. The number of rotatable bonds is 9. The lowest BCUT2D eigenvalue weighted by Gasteiger charge is -2.15. The van der Waals surface area contributed by atoms with Crippen LogP contribution in [0.25, 0.3) is 0 Å².